The van der Waals surface area contributed by atoms with E-state index in [1.807, 2.05) is 6.20 Å². The van der Waals surface area contributed by atoms with Gasteiger partial charge in [0.1, 0.15) is 6.04 Å². The van der Waals surface area contributed by atoms with E-state index in [1.165, 1.54) is 0 Å². The average Bonchev–Trinajstić information content (AvgIpc) is 2.79. The Morgan fingerprint density at radius 2 is 2.10 bits per heavy atom. The maximum atomic E-state index is 11.5. The normalized spacial score (nSPS) is 11.7. The Kier molecular flexibility index (Phi) is 6.18. The highest BCUT2D eigenvalue weighted by Gasteiger charge is 2.20. The van der Waals surface area contributed by atoms with Crippen LogP contribution in [0.4, 0.5) is 4.79 Å². The van der Waals surface area contributed by atoms with E-state index in [2.05, 4.69) is 15.7 Å². The molecular formula is C12H18N4O5. The monoisotopic (exact) mass is 298 g/mol. The fourth-order valence-electron chi connectivity index (χ4n) is 1.66. The van der Waals surface area contributed by atoms with Gasteiger partial charge in [0.2, 0.25) is 0 Å². The summed E-state index contributed by atoms with van der Waals surface area (Å²) in [4.78, 5) is 32.9. The number of aromatic nitrogens is 2. The lowest BCUT2D eigenvalue weighted by molar-refractivity contribution is -0.140. The molecule has 0 fully saturated rings. The number of hydrogen-bond acceptors (Lipinski definition) is 4. The van der Waals surface area contributed by atoms with Crippen molar-refractivity contribution in [2.24, 2.45) is 7.05 Å². The summed E-state index contributed by atoms with van der Waals surface area (Å²) in [6.45, 7) is 0.322. The van der Waals surface area contributed by atoms with Crippen LogP contribution in [-0.2, 0) is 23.1 Å². The van der Waals surface area contributed by atoms with Crippen LogP contribution in [0.25, 0.3) is 0 Å². The molecule has 1 rings (SSSR count). The molecule has 1 aromatic heterocycles. The molecule has 0 aliphatic carbocycles. The highest BCUT2D eigenvalue weighted by atomic mass is 16.4. The molecule has 0 aromatic carbocycles. The van der Waals surface area contributed by atoms with E-state index < -0.39 is 24.0 Å². The largest absolute Gasteiger partial charge is 0.481 e. The summed E-state index contributed by atoms with van der Waals surface area (Å²) in [6, 6.07) is -1.86. The first kappa shape index (κ1) is 16.5. The summed E-state index contributed by atoms with van der Waals surface area (Å²) in [7, 11) is 1.78. The molecule has 1 aromatic rings. The van der Waals surface area contributed by atoms with Crippen molar-refractivity contribution in [3.8, 4) is 0 Å². The Morgan fingerprint density at radius 1 is 1.38 bits per heavy atom. The Balaban J connectivity index is 2.32. The molecule has 9 heteroatoms. The summed E-state index contributed by atoms with van der Waals surface area (Å²) < 4.78 is 1.64. The Morgan fingerprint density at radius 3 is 2.62 bits per heavy atom. The molecule has 1 atom stereocenters. The van der Waals surface area contributed by atoms with Gasteiger partial charge in [-0.2, -0.15) is 5.10 Å². The van der Waals surface area contributed by atoms with Crippen molar-refractivity contribution in [2.75, 3.05) is 6.54 Å². The van der Waals surface area contributed by atoms with Crippen LogP contribution in [0.3, 0.4) is 0 Å². The number of urea groups is 1. The highest BCUT2D eigenvalue weighted by molar-refractivity contribution is 5.82. The lowest BCUT2D eigenvalue weighted by Crippen LogP contribution is -2.46. The number of carboxylic acid groups (broad SMARTS) is 2. The van der Waals surface area contributed by atoms with E-state index >= 15 is 0 Å². The Labute approximate surface area is 120 Å². The predicted molar refractivity (Wildman–Crippen MR) is 71.7 cm³/mol. The lowest BCUT2D eigenvalue weighted by atomic mass is 10.1. The van der Waals surface area contributed by atoms with Crippen molar-refractivity contribution >= 4 is 18.0 Å². The number of rotatable bonds is 8. The summed E-state index contributed by atoms with van der Waals surface area (Å²) >= 11 is 0. The quantitative estimate of drug-likeness (QED) is 0.515. The molecule has 4 N–H and O–H groups in total. The second-order valence-electron chi connectivity index (χ2n) is 4.50. The Bertz CT molecular complexity index is 514. The third-order valence-electron chi connectivity index (χ3n) is 2.71. The van der Waals surface area contributed by atoms with Crippen LogP contribution in [0.15, 0.2) is 12.4 Å². The molecule has 0 aliphatic heterocycles. The van der Waals surface area contributed by atoms with Crippen LogP contribution in [0.5, 0.6) is 0 Å². The van der Waals surface area contributed by atoms with Crippen LogP contribution in [0.2, 0.25) is 0 Å². The predicted octanol–water partition coefficient (Wildman–Crippen LogP) is -0.420. The molecule has 1 heterocycles. The zero-order chi connectivity index (χ0) is 15.8. The van der Waals surface area contributed by atoms with E-state index in [4.69, 9.17) is 10.2 Å². The van der Waals surface area contributed by atoms with Gasteiger partial charge in [0.05, 0.1) is 6.20 Å². The van der Waals surface area contributed by atoms with Crippen LogP contribution in [-0.4, -0.2) is 50.5 Å². The van der Waals surface area contributed by atoms with Crippen LogP contribution < -0.4 is 10.6 Å². The Hall–Kier alpha value is -2.58. The molecule has 0 aliphatic rings. The number of amides is 2. The summed E-state index contributed by atoms with van der Waals surface area (Å²) in [5, 5.41) is 26.1. The van der Waals surface area contributed by atoms with Crippen molar-refractivity contribution in [3.63, 3.8) is 0 Å². The van der Waals surface area contributed by atoms with E-state index in [0.29, 0.717) is 13.0 Å². The first-order chi connectivity index (χ1) is 9.88. The van der Waals surface area contributed by atoms with Gasteiger partial charge in [0.15, 0.2) is 0 Å². The number of hydrogen-bond donors (Lipinski definition) is 4. The number of nitrogens with zero attached hydrogens (tertiary/aromatic N) is 2. The topological polar surface area (TPSA) is 134 Å². The fourth-order valence-corrected chi connectivity index (χ4v) is 1.66. The molecule has 1 unspecified atom stereocenters. The van der Waals surface area contributed by atoms with Gasteiger partial charge in [0, 0.05) is 26.2 Å². The van der Waals surface area contributed by atoms with Gasteiger partial charge in [-0.3, -0.25) is 9.48 Å². The minimum absolute atomic E-state index is 0.166. The van der Waals surface area contributed by atoms with Crippen molar-refractivity contribution in [1.29, 1.82) is 0 Å². The van der Waals surface area contributed by atoms with Gasteiger partial charge in [-0.05, 0) is 18.4 Å². The molecule has 0 spiro atoms. The molecule has 2 amide bonds. The molecule has 0 saturated heterocycles. The van der Waals surface area contributed by atoms with E-state index in [-0.39, 0.29) is 12.8 Å². The number of carboxylic acids is 2. The van der Waals surface area contributed by atoms with Gasteiger partial charge in [-0.25, -0.2) is 9.59 Å². The summed E-state index contributed by atoms with van der Waals surface area (Å²) in [5.74, 6) is -2.38. The molecule has 0 bridgehead atoms. The van der Waals surface area contributed by atoms with Crippen LogP contribution in [0.1, 0.15) is 18.4 Å². The van der Waals surface area contributed by atoms with E-state index in [1.54, 1.807) is 17.9 Å². The molecule has 9 nitrogen and oxygen atoms in total. The second kappa shape index (κ2) is 7.88. The third kappa shape index (κ3) is 6.41. The van der Waals surface area contributed by atoms with Gasteiger partial charge >= 0.3 is 18.0 Å². The zero-order valence-corrected chi connectivity index (χ0v) is 11.6. The van der Waals surface area contributed by atoms with E-state index in [0.717, 1.165) is 5.56 Å². The van der Waals surface area contributed by atoms with Gasteiger partial charge < -0.3 is 20.8 Å². The summed E-state index contributed by atoms with van der Waals surface area (Å²) in [6.07, 6.45) is 3.56. The first-order valence-corrected chi connectivity index (χ1v) is 6.35. The van der Waals surface area contributed by atoms with Crippen molar-refractivity contribution in [3.05, 3.63) is 18.0 Å². The second-order valence-corrected chi connectivity index (χ2v) is 4.50. The maximum absolute atomic E-state index is 11.5. The van der Waals surface area contributed by atoms with E-state index in [9.17, 15) is 14.4 Å². The molecular weight excluding hydrogens is 280 g/mol. The molecule has 116 valence electrons. The van der Waals surface area contributed by atoms with Crippen molar-refractivity contribution in [2.45, 2.75) is 25.3 Å². The SMILES string of the molecule is Cn1cc(CCNC(=O)NC(CCC(=O)O)C(=O)O)cn1. The maximum Gasteiger partial charge on any atom is 0.326 e. The highest BCUT2D eigenvalue weighted by Crippen LogP contribution is 1.99. The molecule has 21 heavy (non-hydrogen) atoms. The lowest BCUT2D eigenvalue weighted by Gasteiger charge is -2.14. The van der Waals surface area contributed by atoms with Gasteiger partial charge in [-0.15, -0.1) is 0 Å². The fraction of sp³-hybridized carbons (Fsp3) is 0.500. The number of aryl methyl sites for hydroxylation is 1. The number of carbonyl (C=O) groups excluding carboxylic acids is 1. The van der Waals surface area contributed by atoms with Crippen molar-refractivity contribution < 1.29 is 24.6 Å². The summed E-state index contributed by atoms with van der Waals surface area (Å²) in [5.41, 5.74) is 0.943. The number of aliphatic carboxylic acids is 2. The number of nitrogens with one attached hydrogen (secondary N) is 2. The molecule has 0 radical (unpaired) electrons. The minimum Gasteiger partial charge on any atom is -0.481 e. The zero-order valence-electron chi connectivity index (χ0n) is 11.6. The van der Waals surface area contributed by atoms with Gasteiger partial charge in [0.25, 0.3) is 0 Å². The average molecular weight is 298 g/mol. The van der Waals surface area contributed by atoms with Crippen LogP contribution >= 0.6 is 0 Å². The minimum atomic E-state index is -1.27. The smallest absolute Gasteiger partial charge is 0.326 e. The number of carbonyl (C=O) groups is 3. The first-order valence-electron chi connectivity index (χ1n) is 6.35. The van der Waals surface area contributed by atoms with Crippen LogP contribution in [0, 0.1) is 0 Å². The van der Waals surface area contributed by atoms with Gasteiger partial charge in [-0.1, -0.05) is 0 Å². The van der Waals surface area contributed by atoms with Crippen molar-refractivity contribution in [1.82, 2.24) is 20.4 Å². The standard InChI is InChI=1S/C12H18N4O5/c1-16-7-8(6-14-16)4-5-13-12(21)15-9(11(19)20)2-3-10(17)18/h6-7,9H,2-5H2,1H3,(H,17,18)(H,19,20)(H2,13,15,21). The third-order valence-corrected chi connectivity index (χ3v) is 2.71. The molecule has 0 saturated carbocycles.